The van der Waals surface area contributed by atoms with E-state index in [0.29, 0.717) is 31.5 Å². The number of carboxylic acids is 1. The number of hydrogen-bond acceptors (Lipinski definition) is 4. The van der Waals surface area contributed by atoms with Crippen LogP contribution in [0.2, 0.25) is 0 Å². The number of benzene rings is 1. The molecule has 1 aromatic carbocycles. The number of aromatic carboxylic acids is 1. The van der Waals surface area contributed by atoms with Crippen molar-refractivity contribution in [3.8, 4) is 0 Å². The van der Waals surface area contributed by atoms with E-state index in [4.69, 9.17) is 5.11 Å². The van der Waals surface area contributed by atoms with E-state index in [0.717, 1.165) is 0 Å². The zero-order chi connectivity index (χ0) is 16.6. The van der Waals surface area contributed by atoms with E-state index in [1.165, 1.54) is 24.3 Å². The molecule has 2 heterocycles. The van der Waals surface area contributed by atoms with E-state index in [1.807, 2.05) is 0 Å². The topological polar surface area (TPSA) is 116 Å². The van der Waals surface area contributed by atoms with Gasteiger partial charge < -0.3 is 15.3 Å². The summed E-state index contributed by atoms with van der Waals surface area (Å²) in [4.78, 5) is 48.0. The number of carboxylic acid groups (broad SMARTS) is 1. The Morgan fingerprint density at radius 3 is 2.09 bits per heavy atom. The van der Waals surface area contributed by atoms with Crippen molar-refractivity contribution >= 4 is 23.8 Å². The van der Waals surface area contributed by atoms with Gasteiger partial charge in [0.25, 0.3) is 11.8 Å². The van der Waals surface area contributed by atoms with Gasteiger partial charge in [-0.2, -0.15) is 0 Å². The van der Waals surface area contributed by atoms with Crippen molar-refractivity contribution in [1.29, 1.82) is 0 Å². The molecule has 3 N–H and O–H groups in total. The molecule has 0 aromatic heterocycles. The van der Waals surface area contributed by atoms with Crippen molar-refractivity contribution in [3.63, 3.8) is 0 Å². The molecule has 2 aliphatic rings. The summed E-state index contributed by atoms with van der Waals surface area (Å²) in [6, 6.07) is 5.21. The Bertz CT molecular complexity index is 690. The Balaban J connectivity index is 1.67. The lowest BCUT2D eigenvalue weighted by molar-refractivity contribution is -0.125. The van der Waals surface area contributed by atoms with Crippen LogP contribution >= 0.6 is 0 Å². The van der Waals surface area contributed by atoms with Gasteiger partial charge in [-0.15, -0.1) is 0 Å². The van der Waals surface area contributed by atoms with Gasteiger partial charge in [0.2, 0.25) is 0 Å². The number of piperidine rings is 1. The molecule has 23 heavy (non-hydrogen) atoms. The summed E-state index contributed by atoms with van der Waals surface area (Å²) in [6.45, 7) is 0.681. The summed E-state index contributed by atoms with van der Waals surface area (Å²) in [6.07, 6.45) is 0.701. The maximum Gasteiger partial charge on any atom is 0.335 e. The standard InChI is InChI=1S/C15H15N3O5/c19-11(9-1-3-10(4-2-9)12(20)21)18-7-5-15(6-8-18)13(22)16-14(23)17-15/h1-4H,5-8H2,(H,20,21)(H2,16,17,22,23). The van der Waals surface area contributed by atoms with E-state index in [9.17, 15) is 19.2 Å². The molecule has 4 amide bonds. The maximum atomic E-state index is 12.4. The highest BCUT2D eigenvalue weighted by atomic mass is 16.4. The smallest absolute Gasteiger partial charge is 0.335 e. The summed E-state index contributed by atoms with van der Waals surface area (Å²) in [5, 5.41) is 13.7. The van der Waals surface area contributed by atoms with E-state index >= 15 is 0 Å². The number of imide groups is 1. The Hall–Kier alpha value is -2.90. The molecule has 120 valence electrons. The molecule has 2 fully saturated rings. The van der Waals surface area contributed by atoms with Crippen molar-refractivity contribution in [2.75, 3.05) is 13.1 Å². The van der Waals surface area contributed by atoms with Crippen LogP contribution in [-0.4, -0.2) is 52.4 Å². The van der Waals surface area contributed by atoms with E-state index in [1.54, 1.807) is 4.90 Å². The quantitative estimate of drug-likeness (QED) is 0.674. The molecule has 0 unspecified atom stereocenters. The second-order valence-corrected chi connectivity index (χ2v) is 5.67. The van der Waals surface area contributed by atoms with Crippen molar-refractivity contribution in [2.45, 2.75) is 18.4 Å². The Labute approximate surface area is 131 Å². The summed E-state index contributed by atoms with van der Waals surface area (Å²) in [5.41, 5.74) is -0.406. The van der Waals surface area contributed by atoms with E-state index in [-0.39, 0.29) is 17.4 Å². The van der Waals surface area contributed by atoms with Crippen LogP contribution in [0.25, 0.3) is 0 Å². The number of rotatable bonds is 2. The monoisotopic (exact) mass is 317 g/mol. The number of hydrogen-bond donors (Lipinski definition) is 3. The van der Waals surface area contributed by atoms with Crippen molar-refractivity contribution < 1.29 is 24.3 Å². The molecule has 2 aliphatic heterocycles. The second-order valence-electron chi connectivity index (χ2n) is 5.67. The third kappa shape index (κ3) is 2.63. The van der Waals surface area contributed by atoms with Crippen molar-refractivity contribution in [1.82, 2.24) is 15.5 Å². The third-order valence-corrected chi connectivity index (χ3v) is 4.30. The minimum absolute atomic E-state index is 0.115. The molecule has 0 atom stereocenters. The molecule has 0 bridgehead atoms. The van der Waals surface area contributed by atoms with Crippen LogP contribution in [0.1, 0.15) is 33.6 Å². The van der Waals surface area contributed by atoms with Gasteiger partial charge in [-0.05, 0) is 37.1 Å². The number of likely N-dealkylation sites (tertiary alicyclic amines) is 1. The summed E-state index contributed by atoms with van der Waals surface area (Å²) >= 11 is 0. The zero-order valence-corrected chi connectivity index (χ0v) is 12.2. The first kappa shape index (κ1) is 15.0. The molecule has 1 spiro atoms. The van der Waals surface area contributed by atoms with Gasteiger partial charge in [0.05, 0.1) is 5.56 Å². The van der Waals surface area contributed by atoms with Gasteiger partial charge in [-0.25, -0.2) is 9.59 Å². The number of nitrogens with zero attached hydrogens (tertiary/aromatic N) is 1. The highest BCUT2D eigenvalue weighted by Gasteiger charge is 2.48. The van der Waals surface area contributed by atoms with Crippen LogP contribution in [0.15, 0.2) is 24.3 Å². The molecule has 0 radical (unpaired) electrons. The fourth-order valence-corrected chi connectivity index (χ4v) is 2.91. The van der Waals surface area contributed by atoms with Gasteiger partial charge in [0, 0.05) is 18.7 Å². The minimum Gasteiger partial charge on any atom is -0.478 e. The molecular formula is C15H15N3O5. The molecule has 2 saturated heterocycles. The predicted molar refractivity (Wildman–Crippen MR) is 77.9 cm³/mol. The lowest BCUT2D eigenvalue weighted by atomic mass is 9.87. The van der Waals surface area contributed by atoms with E-state index in [2.05, 4.69) is 10.6 Å². The van der Waals surface area contributed by atoms with Gasteiger partial charge in [-0.1, -0.05) is 0 Å². The number of nitrogens with one attached hydrogen (secondary N) is 2. The molecule has 3 rings (SSSR count). The summed E-state index contributed by atoms with van der Waals surface area (Å²) < 4.78 is 0. The largest absolute Gasteiger partial charge is 0.478 e. The van der Waals surface area contributed by atoms with Crippen LogP contribution < -0.4 is 10.6 Å². The van der Waals surface area contributed by atoms with Crippen LogP contribution in [-0.2, 0) is 4.79 Å². The molecule has 0 saturated carbocycles. The Morgan fingerprint density at radius 1 is 1.04 bits per heavy atom. The first-order valence-electron chi connectivity index (χ1n) is 7.17. The van der Waals surface area contributed by atoms with Gasteiger partial charge >= 0.3 is 12.0 Å². The average molecular weight is 317 g/mol. The third-order valence-electron chi connectivity index (χ3n) is 4.30. The molecule has 8 nitrogen and oxygen atoms in total. The Morgan fingerprint density at radius 2 is 1.61 bits per heavy atom. The predicted octanol–water partition coefficient (Wildman–Crippen LogP) is 0.199. The Kier molecular flexibility index (Phi) is 3.51. The molecule has 0 aliphatic carbocycles. The maximum absolute atomic E-state index is 12.4. The highest BCUT2D eigenvalue weighted by Crippen LogP contribution is 2.26. The van der Waals surface area contributed by atoms with Crippen LogP contribution in [0.4, 0.5) is 4.79 Å². The first-order chi connectivity index (χ1) is 10.9. The lowest BCUT2D eigenvalue weighted by Crippen LogP contribution is -2.55. The second kappa shape index (κ2) is 5.38. The molecule has 8 heteroatoms. The SMILES string of the molecule is O=C1NC(=O)C2(CCN(C(=O)c3ccc(C(=O)O)cc3)CC2)N1. The van der Waals surface area contributed by atoms with Gasteiger partial charge in [0.1, 0.15) is 5.54 Å². The van der Waals surface area contributed by atoms with Crippen molar-refractivity contribution in [2.24, 2.45) is 0 Å². The van der Waals surface area contributed by atoms with Gasteiger partial charge in [0.15, 0.2) is 0 Å². The number of carbonyl (C=O) groups is 4. The highest BCUT2D eigenvalue weighted by molar-refractivity contribution is 6.07. The van der Waals surface area contributed by atoms with Crippen molar-refractivity contribution in [3.05, 3.63) is 35.4 Å². The number of carbonyl (C=O) groups excluding carboxylic acids is 3. The van der Waals surface area contributed by atoms with Crippen LogP contribution in [0.5, 0.6) is 0 Å². The molecular weight excluding hydrogens is 302 g/mol. The summed E-state index contributed by atoms with van der Waals surface area (Å²) in [7, 11) is 0. The first-order valence-corrected chi connectivity index (χ1v) is 7.17. The molecule has 1 aromatic rings. The van der Waals surface area contributed by atoms with Gasteiger partial charge in [-0.3, -0.25) is 14.9 Å². The zero-order valence-electron chi connectivity index (χ0n) is 12.2. The fourth-order valence-electron chi connectivity index (χ4n) is 2.91. The summed E-state index contributed by atoms with van der Waals surface area (Å²) in [5.74, 6) is -1.62. The normalized spacial score (nSPS) is 19.4. The average Bonchev–Trinajstić information content (AvgIpc) is 2.81. The lowest BCUT2D eigenvalue weighted by Gasteiger charge is -2.37. The van der Waals surface area contributed by atoms with E-state index < -0.39 is 17.5 Å². The van der Waals surface area contributed by atoms with Crippen LogP contribution in [0.3, 0.4) is 0 Å². The van der Waals surface area contributed by atoms with Crippen LogP contribution in [0, 0.1) is 0 Å². The minimum atomic E-state index is -1.05. The number of urea groups is 1. The number of amides is 4. The fraction of sp³-hybridized carbons (Fsp3) is 0.333.